The number of anilines is 1. The van der Waals surface area contributed by atoms with E-state index in [4.69, 9.17) is 20.5 Å². The first-order valence-corrected chi connectivity index (χ1v) is 8.96. The molecule has 2 aromatic heterocycles. The van der Waals surface area contributed by atoms with Crippen molar-refractivity contribution in [2.24, 2.45) is 0 Å². The normalized spacial score (nSPS) is 15.0. The summed E-state index contributed by atoms with van der Waals surface area (Å²) in [6.45, 7) is -0.502. The van der Waals surface area contributed by atoms with Crippen molar-refractivity contribution in [2.75, 3.05) is 25.6 Å². The van der Waals surface area contributed by atoms with Crippen molar-refractivity contribution in [1.82, 2.24) is 19.5 Å². The second-order valence-corrected chi connectivity index (χ2v) is 6.87. The summed E-state index contributed by atoms with van der Waals surface area (Å²) in [7, 11) is -4.67. The summed E-state index contributed by atoms with van der Waals surface area (Å²) in [6, 6.07) is 0. The summed E-state index contributed by atoms with van der Waals surface area (Å²) in [5, 5.41) is 17.8. The highest BCUT2D eigenvalue weighted by Gasteiger charge is 2.29. The lowest BCUT2D eigenvalue weighted by molar-refractivity contribution is -0.00108. The summed E-state index contributed by atoms with van der Waals surface area (Å²) in [4.78, 5) is 41.3. The van der Waals surface area contributed by atoms with Gasteiger partial charge in [0.05, 0.1) is 32.2 Å². The summed E-state index contributed by atoms with van der Waals surface area (Å²) in [6.07, 6.45) is 0.801. The smallest absolute Gasteiger partial charge is 0.435 e. The maximum atomic E-state index is 11.7. The van der Waals surface area contributed by atoms with Crippen LogP contribution in [0.5, 0.6) is 0 Å². The molecule has 0 saturated carbocycles. The van der Waals surface area contributed by atoms with E-state index >= 15 is 0 Å². The van der Waals surface area contributed by atoms with Crippen molar-refractivity contribution in [1.29, 1.82) is 0 Å². The van der Waals surface area contributed by atoms with E-state index in [1.807, 2.05) is 0 Å². The number of fused-ring (bicyclic) bond motifs is 1. The van der Waals surface area contributed by atoms with E-state index in [1.54, 1.807) is 0 Å². The minimum Gasteiger partial charge on any atom is -0.472 e. The Morgan fingerprint density at radius 3 is 2.85 bits per heavy atom. The van der Waals surface area contributed by atoms with E-state index in [-0.39, 0.29) is 49.9 Å². The monoisotopic (exact) mass is 391 g/mol. The Hall–Kier alpha value is -2.31. The number of hydrogen-bond donors (Lipinski definition) is 5. The molecule has 1 unspecified atom stereocenters. The van der Waals surface area contributed by atoms with Gasteiger partial charge in [-0.15, -0.1) is 0 Å². The highest BCUT2D eigenvalue weighted by molar-refractivity contribution is 7.70. The fourth-order valence-electron chi connectivity index (χ4n) is 2.04. The topological polar surface area (TPSA) is 203 Å². The predicted molar refractivity (Wildman–Crippen MR) is 87.8 cm³/mol. The number of aromatic amines is 1. The molecule has 0 aliphatic heterocycles. The van der Waals surface area contributed by atoms with Gasteiger partial charge in [-0.3, -0.25) is 9.78 Å². The molecule has 0 spiro atoms. The van der Waals surface area contributed by atoms with Crippen LogP contribution in [0.4, 0.5) is 10.7 Å². The third-order valence-electron chi connectivity index (χ3n) is 3.25. The molecule has 2 rings (SSSR count). The van der Waals surface area contributed by atoms with Gasteiger partial charge in [0, 0.05) is 6.61 Å². The highest BCUT2D eigenvalue weighted by Crippen LogP contribution is 2.42. The number of hydrogen-bond acceptors (Lipinski definition) is 9. The SMILES string of the molecule is Nc1nc2c(ncn2C[C@@H](CO)OCCCOP(=O)(O)C(=O)O)c(=O)[nH]1. The molecular weight excluding hydrogens is 373 g/mol. The van der Waals surface area contributed by atoms with Crippen LogP contribution in [0.3, 0.4) is 0 Å². The zero-order valence-corrected chi connectivity index (χ0v) is 14.3. The summed E-state index contributed by atoms with van der Waals surface area (Å²) in [5.74, 6) is -0.0743. The van der Waals surface area contributed by atoms with E-state index in [0.717, 1.165) is 0 Å². The summed E-state index contributed by atoms with van der Waals surface area (Å²) < 4.78 is 22.3. The fraction of sp³-hybridized carbons (Fsp3) is 0.500. The number of nitrogen functional groups attached to an aromatic ring is 1. The molecule has 0 radical (unpaired) electrons. The number of nitrogens with two attached hydrogens (primary N) is 1. The van der Waals surface area contributed by atoms with Crippen LogP contribution in [0.2, 0.25) is 0 Å². The number of rotatable bonds is 10. The maximum absolute atomic E-state index is 11.7. The molecule has 0 bridgehead atoms. The molecule has 0 saturated heterocycles. The first-order valence-electron chi connectivity index (χ1n) is 7.38. The number of nitrogens with zero attached hydrogens (tertiary/aromatic N) is 3. The number of ether oxygens (including phenoxy) is 1. The number of H-pyrrole nitrogens is 1. The molecule has 2 aromatic rings. The Morgan fingerprint density at radius 1 is 1.46 bits per heavy atom. The van der Waals surface area contributed by atoms with Crippen molar-refractivity contribution in [3.05, 3.63) is 16.7 Å². The van der Waals surface area contributed by atoms with Gasteiger partial charge in [0.25, 0.3) is 5.56 Å². The van der Waals surface area contributed by atoms with Gasteiger partial charge in [-0.25, -0.2) is 14.3 Å². The lowest BCUT2D eigenvalue weighted by atomic mass is 10.3. The lowest BCUT2D eigenvalue weighted by Gasteiger charge is -2.16. The first-order chi connectivity index (χ1) is 12.2. The van der Waals surface area contributed by atoms with Crippen LogP contribution in [-0.2, 0) is 20.4 Å². The largest absolute Gasteiger partial charge is 0.472 e. The highest BCUT2D eigenvalue weighted by atomic mass is 31.2. The van der Waals surface area contributed by atoms with E-state index in [0.29, 0.717) is 0 Å². The van der Waals surface area contributed by atoms with Crippen LogP contribution in [-0.4, -0.2) is 66.3 Å². The number of nitrogens with one attached hydrogen (secondary N) is 1. The van der Waals surface area contributed by atoms with Gasteiger partial charge in [0.1, 0.15) is 0 Å². The zero-order valence-electron chi connectivity index (χ0n) is 13.4. The van der Waals surface area contributed by atoms with Gasteiger partial charge in [0.15, 0.2) is 11.2 Å². The van der Waals surface area contributed by atoms with Gasteiger partial charge < -0.3 is 34.7 Å². The fourth-order valence-corrected chi connectivity index (χ4v) is 2.53. The van der Waals surface area contributed by atoms with Crippen LogP contribution in [0.1, 0.15) is 6.42 Å². The molecule has 0 amide bonds. The van der Waals surface area contributed by atoms with Crippen molar-refractivity contribution >= 4 is 30.4 Å². The second-order valence-electron chi connectivity index (χ2n) is 5.19. The predicted octanol–water partition coefficient (Wildman–Crippen LogP) is -0.651. The minimum atomic E-state index is -4.67. The van der Waals surface area contributed by atoms with Gasteiger partial charge >= 0.3 is 13.3 Å². The average molecular weight is 391 g/mol. The molecule has 0 aromatic carbocycles. The average Bonchev–Trinajstić information content (AvgIpc) is 2.96. The van der Waals surface area contributed by atoms with E-state index < -0.39 is 25.0 Å². The Morgan fingerprint density at radius 2 is 2.19 bits per heavy atom. The number of aliphatic hydroxyl groups is 1. The Balaban J connectivity index is 1.89. The number of imidazole rings is 1. The standard InChI is InChI=1S/C12H18N5O8P/c13-11-15-9-8(10(19)16-11)14-6-17(9)4-7(5-18)24-2-1-3-25-26(22,23)12(20)21/h6-7,18H,1-5H2,(H,20,21)(H,22,23)(H3,13,15,16,19)/t7-/m0/s1. The van der Waals surface area contributed by atoms with Gasteiger partial charge in [0.2, 0.25) is 5.95 Å². The van der Waals surface area contributed by atoms with Crippen molar-refractivity contribution in [2.45, 2.75) is 19.1 Å². The lowest BCUT2D eigenvalue weighted by Crippen LogP contribution is -2.25. The molecule has 0 aliphatic rings. The number of aliphatic hydroxyl groups excluding tert-OH is 1. The molecule has 2 heterocycles. The number of carbonyl (C=O) groups is 1. The maximum Gasteiger partial charge on any atom is 0.435 e. The molecule has 144 valence electrons. The van der Waals surface area contributed by atoms with E-state index in [9.17, 15) is 19.3 Å². The first kappa shape index (κ1) is 20.0. The third-order valence-corrected chi connectivity index (χ3v) is 4.26. The summed E-state index contributed by atoms with van der Waals surface area (Å²) >= 11 is 0. The minimum absolute atomic E-state index is 0.0353. The molecule has 13 nitrogen and oxygen atoms in total. The Kier molecular flexibility index (Phi) is 6.45. The molecular formula is C12H18N5O8P. The van der Waals surface area contributed by atoms with Crippen LogP contribution in [0.15, 0.2) is 11.1 Å². The van der Waals surface area contributed by atoms with Crippen LogP contribution < -0.4 is 11.3 Å². The second kappa shape index (κ2) is 8.38. The molecule has 0 aliphatic carbocycles. The molecule has 26 heavy (non-hydrogen) atoms. The van der Waals surface area contributed by atoms with Gasteiger partial charge in [-0.1, -0.05) is 0 Å². The zero-order chi connectivity index (χ0) is 19.3. The Bertz CT molecular complexity index is 880. The molecule has 6 N–H and O–H groups in total. The van der Waals surface area contributed by atoms with Crippen LogP contribution >= 0.6 is 7.60 Å². The van der Waals surface area contributed by atoms with Crippen molar-refractivity contribution in [3.63, 3.8) is 0 Å². The van der Waals surface area contributed by atoms with Gasteiger partial charge in [-0.05, 0) is 6.42 Å². The van der Waals surface area contributed by atoms with Crippen LogP contribution in [0, 0.1) is 0 Å². The van der Waals surface area contributed by atoms with Crippen molar-refractivity contribution < 1.29 is 33.7 Å². The van der Waals surface area contributed by atoms with Gasteiger partial charge in [-0.2, -0.15) is 4.98 Å². The van der Waals surface area contributed by atoms with E-state index in [1.165, 1.54) is 10.9 Å². The number of carboxylic acid groups (broad SMARTS) is 1. The third kappa shape index (κ3) is 4.86. The van der Waals surface area contributed by atoms with Crippen molar-refractivity contribution in [3.8, 4) is 0 Å². The Labute approximate surface area is 145 Å². The molecule has 2 atom stereocenters. The quantitative estimate of drug-likeness (QED) is 0.254. The molecule has 0 fully saturated rings. The summed E-state index contributed by atoms with van der Waals surface area (Å²) in [5.41, 5.74) is 3.41. The van der Waals surface area contributed by atoms with Crippen LogP contribution in [0.25, 0.3) is 11.2 Å². The number of aromatic nitrogens is 4. The van der Waals surface area contributed by atoms with E-state index in [2.05, 4.69) is 19.5 Å². The molecule has 14 heteroatoms.